The Hall–Kier alpha value is -2.97. The first-order chi connectivity index (χ1) is 12.8. The summed E-state index contributed by atoms with van der Waals surface area (Å²) in [4.78, 5) is 20.1. The molecule has 1 amide bonds. The van der Waals surface area contributed by atoms with Crippen LogP contribution in [0.3, 0.4) is 0 Å². The lowest BCUT2D eigenvalue weighted by atomic mass is 10.2. The fraction of sp³-hybridized carbons (Fsp3) is 0.0556. The lowest BCUT2D eigenvalue weighted by Gasteiger charge is -2.08. The molecule has 1 heterocycles. The second-order valence-electron chi connectivity index (χ2n) is 5.67. The van der Waals surface area contributed by atoms with Gasteiger partial charge in [0, 0.05) is 23.1 Å². The van der Waals surface area contributed by atoms with E-state index in [4.69, 9.17) is 11.6 Å². The summed E-state index contributed by atoms with van der Waals surface area (Å²) in [7, 11) is -3.80. The molecule has 0 saturated heterocycles. The van der Waals surface area contributed by atoms with Crippen molar-refractivity contribution in [2.45, 2.75) is 11.8 Å². The molecular formula is C18H15ClN4O3S. The molecule has 7 nitrogen and oxygen atoms in total. The molecule has 0 aliphatic carbocycles. The van der Waals surface area contributed by atoms with Crippen LogP contribution in [0.25, 0.3) is 0 Å². The van der Waals surface area contributed by atoms with Gasteiger partial charge in [0.05, 0.1) is 10.5 Å². The first kappa shape index (κ1) is 18.8. The molecule has 138 valence electrons. The molecule has 0 aliphatic rings. The van der Waals surface area contributed by atoms with E-state index in [1.807, 2.05) is 6.92 Å². The fourth-order valence-electron chi connectivity index (χ4n) is 2.13. The summed E-state index contributed by atoms with van der Waals surface area (Å²) in [5.41, 5.74) is 1.69. The Kier molecular flexibility index (Phi) is 5.38. The number of hydrogen-bond acceptors (Lipinski definition) is 5. The first-order valence-electron chi connectivity index (χ1n) is 7.82. The highest BCUT2D eigenvalue weighted by Gasteiger charge is 2.16. The van der Waals surface area contributed by atoms with Gasteiger partial charge in [0.1, 0.15) is 0 Å². The number of anilines is 2. The van der Waals surface area contributed by atoms with Crippen LogP contribution in [0.15, 0.2) is 65.8 Å². The van der Waals surface area contributed by atoms with Crippen molar-refractivity contribution < 1.29 is 13.2 Å². The molecular weight excluding hydrogens is 388 g/mol. The van der Waals surface area contributed by atoms with Gasteiger partial charge in [0.25, 0.3) is 15.9 Å². The van der Waals surface area contributed by atoms with Crippen molar-refractivity contribution in [2.24, 2.45) is 0 Å². The van der Waals surface area contributed by atoms with E-state index in [-0.39, 0.29) is 16.4 Å². The van der Waals surface area contributed by atoms with E-state index in [1.54, 1.807) is 36.4 Å². The smallest absolute Gasteiger partial charge is 0.264 e. The van der Waals surface area contributed by atoms with Gasteiger partial charge in [-0.05, 0) is 43.3 Å². The average Bonchev–Trinajstić information content (AvgIpc) is 2.64. The molecule has 3 rings (SSSR count). The number of benzene rings is 2. The largest absolute Gasteiger partial charge is 0.322 e. The lowest BCUT2D eigenvalue weighted by Crippen LogP contribution is -2.16. The molecule has 9 heteroatoms. The molecule has 0 spiro atoms. The fourth-order valence-corrected chi connectivity index (χ4v) is 3.22. The third-order valence-corrected chi connectivity index (χ3v) is 5.17. The number of aromatic nitrogens is 2. The second-order valence-corrected chi connectivity index (χ2v) is 7.79. The van der Waals surface area contributed by atoms with E-state index in [2.05, 4.69) is 20.0 Å². The molecule has 2 N–H and O–H groups in total. The summed E-state index contributed by atoms with van der Waals surface area (Å²) >= 11 is 5.80. The van der Waals surface area contributed by atoms with Crippen molar-refractivity contribution in [1.82, 2.24) is 9.97 Å². The van der Waals surface area contributed by atoms with Gasteiger partial charge in [-0.2, -0.15) is 0 Å². The maximum absolute atomic E-state index is 12.3. The molecule has 0 saturated carbocycles. The highest BCUT2D eigenvalue weighted by Crippen LogP contribution is 2.16. The van der Waals surface area contributed by atoms with Crippen molar-refractivity contribution in [3.05, 3.63) is 77.1 Å². The number of nitrogens with one attached hydrogen (secondary N) is 2. The van der Waals surface area contributed by atoms with Crippen molar-refractivity contribution in [2.75, 3.05) is 10.0 Å². The zero-order valence-electron chi connectivity index (χ0n) is 14.2. The standard InChI is InChI=1S/C18H15ClN4O3S/c1-12-2-8-16(9-3-12)27(25,26)23-18-20-10-13(11-21-18)17(24)22-15-6-4-14(19)5-7-15/h2-11H,1H3,(H,22,24)(H,20,21,23). The summed E-state index contributed by atoms with van der Waals surface area (Å²) in [6.45, 7) is 1.86. The van der Waals surface area contributed by atoms with Crippen LogP contribution in [-0.4, -0.2) is 24.3 Å². The number of rotatable bonds is 5. The third-order valence-electron chi connectivity index (χ3n) is 3.57. The molecule has 0 aliphatic heterocycles. The van der Waals surface area contributed by atoms with Gasteiger partial charge >= 0.3 is 0 Å². The number of carbonyl (C=O) groups is 1. The minimum Gasteiger partial charge on any atom is -0.322 e. The Morgan fingerprint density at radius 3 is 2.15 bits per heavy atom. The van der Waals surface area contributed by atoms with Crippen LogP contribution in [0, 0.1) is 6.92 Å². The number of hydrogen-bond donors (Lipinski definition) is 2. The van der Waals surface area contributed by atoms with Crippen LogP contribution in [-0.2, 0) is 10.0 Å². The van der Waals surface area contributed by atoms with Crippen molar-refractivity contribution >= 4 is 39.2 Å². The van der Waals surface area contributed by atoms with Gasteiger partial charge in [0.15, 0.2) is 0 Å². The zero-order chi connectivity index (χ0) is 19.4. The minimum atomic E-state index is -3.80. The predicted octanol–water partition coefficient (Wildman–Crippen LogP) is 3.49. The minimum absolute atomic E-state index is 0.0984. The van der Waals surface area contributed by atoms with Gasteiger partial charge in [0.2, 0.25) is 5.95 Å². The predicted molar refractivity (Wildman–Crippen MR) is 103 cm³/mol. The van der Waals surface area contributed by atoms with Crippen LogP contribution in [0.1, 0.15) is 15.9 Å². The third kappa shape index (κ3) is 4.81. The van der Waals surface area contributed by atoms with E-state index < -0.39 is 15.9 Å². The van der Waals surface area contributed by atoms with Gasteiger partial charge in [-0.3, -0.25) is 4.79 Å². The van der Waals surface area contributed by atoms with Gasteiger partial charge in [-0.15, -0.1) is 0 Å². The van der Waals surface area contributed by atoms with Gasteiger partial charge in [-0.25, -0.2) is 23.1 Å². The summed E-state index contributed by atoms with van der Waals surface area (Å²) in [6, 6.07) is 13.0. The van der Waals surface area contributed by atoms with Gasteiger partial charge in [-0.1, -0.05) is 29.3 Å². The van der Waals surface area contributed by atoms with E-state index in [0.29, 0.717) is 10.7 Å². The van der Waals surface area contributed by atoms with E-state index in [1.165, 1.54) is 24.5 Å². The Morgan fingerprint density at radius 2 is 1.56 bits per heavy atom. The van der Waals surface area contributed by atoms with E-state index >= 15 is 0 Å². The molecule has 0 bridgehead atoms. The Balaban J connectivity index is 1.70. The van der Waals surface area contributed by atoms with Crippen LogP contribution < -0.4 is 10.0 Å². The van der Waals surface area contributed by atoms with E-state index in [0.717, 1.165) is 5.56 Å². The normalized spacial score (nSPS) is 11.0. The zero-order valence-corrected chi connectivity index (χ0v) is 15.8. The monoisotopic (exact) mass is 402 g/mol. The Bertz CT molecular complexity index is 1050. The van der Waals surface area contributed by atoms with Crippen LogP contribution in [0.4, 0.5) is 11.6 Å². The molecule has 2 aromatic carbocycles. The van der Waals surface area contributed by atoms with E-state index in [9.17, 15) is 13.2 Å². The molecule has 27 heavy (non-hydrogen) atoms. The van der Waals surface area contributed by atoms with Crippen molar-refractivity contribution in [3.8, 4) is 0 Å². The Morgan fingerprint density at radius 1 is 0.963 bits per heavy atom. The molecule has 3 aromatic rings. The van der Waals surface area contributed by atoms with Crippen LogP contribution >= 0.6 is 11.6 Å². The molecule has 0 atom stereocenters. The maximum atomic E-state index is 12.3. The molecule has 1 aromatic heterocycles. The number of nitrogens with zero attached hydrogens (tertiary/aromatic N) is 2. The summed E-state index contributed by atoms with van der Waals surface area (Å²) in [5.74, 6) is -0.552. The molecule has 0 unspecified atom stereocenters. The van der Waals surface area contributed by atoms with Crippen LogP contribution in [0.2, 0.25) is 5.02 Å². The van der Waals surface area contributed by atoms with Crippen LogP contribution in [0.5, 0.6) is 0 Å². The maximum Gasteiger partial charge on any atom is 0.264 e. The van der Waals surface area contributed by atoms with Crippen molar-refractivity contribution in [1.29, 1.82) is 0 Å². The highest BCUT2D eigenvalue weighted by atomic mass is 35.5. The quantitative estimate of drug-likeness (QED) is 0.680. The van der Waals surface area contributed by atoms with Gasteiger partial charge < -0.3 is 5.32 Å². The number of amides is 1. The summed E-state index contributed by atoms with van der Waals surface area (Å²) in [5, 5.41) is 3.23. The molecule has 0 fully saturated rings. The first-order valence-corrected chi connectivity index (χ1v) is 9.68. The average molecular weight is 403 g/mol. The number of sulfonamides is 1. The lowest BCUT2D eigenvalue weighted by molar-refractivity contribution is 0.102. The summed E-state index contributed by atoms with van der Waals surface area (Å²) < 4.78 is 26.9. The highest BCUT2D eigenvalue weighted by molar-refractivity contribution is 7.92. The topological polar surface area (TPSA) is 101 Å². The summed E-state index contributed by atoms with van der Waals surface area (Å²) in [6.07, 6.45) is 2.48. The number of carbonyl (C=O) groups excluding carboxylic acids is 1. The molecule has 0 radical (unpaired) electrons. The Labute approximate surface area is 161 Å². The number of aryl methyl sites for hydroxylation is 1. The SMILES string of the molecule is Cc1ccc(S(=O)(=O)Nc2ncc(C(=O)Nc3ccc(Cl)cc3)cn2)cc1. The number of halogens is 1. The second kappa shape index (κ2) is 7.73. The van der Waals surface area contributed by atoms with Crippen molar-refractivity contribution in [3.63, 3.8) is 0 Å².